The minimum atomic E-state index is -0.293. The summed E-state index contributed by atoms with van der Waals surface area (Å²) < 4.78 is 0. The molecule has 0 saturated heterocycles. The first-order valence-corrected chi connectivity index (χ1v) is 10.6. The van der Waals surface area contributed by atoms with Crippen LogP contribution in [0.1, 0.15) is 44.5 Å². The second kappa shape index (κ2) is 7.15. The van der Waals surface area contributed by atoms with Crippen molar-refractivity contribution in [2.24, 2.45) is 0 Å². The molecular weight excluding hydrogens is 360 g/mol. The Labute approximate surface area is 179 Å². The zero-order chi connectivity index (χ0) is 20.7. The smallest absolute Gasteiger partial charge is 0.0619 e. The number of benzene rings is 4. The van der Waals surface area contributed by atoms with E-state index in [4.69, 9.17) is 0 Å². The molecule has 0 nitrogen and oxygen atoms in total. The Morgan fingerprint density at radius 3 is 1.50 bits per heavy atom. The highest BCUT2D eigenvalue weighted by molar-refractivity contribution is 5.90. The number of rotatable bonds is 3. The summed E-state index contributed by atoms with van der Waals surface area (Å²) in [6, 6.07) is 35.9. The van der Waals surface area contributed by atoms with E-state index >= 15 is 0 Å². The van der Waals surface area contributed by atoms with Crippen molar-refractivity contribution in [1.29, 1.82) is 0 Å². The van der Waals surface area contributed by atoms with Crippen molar-refractivity contribution >= 4 is 5.57 Å². The van der Waals surface area contributed by atoms with Gasteiger partial charge in [-0.25, -0.2) is 0 Å². The van der Waals surface area contributed by atoms with Crippen molar-refractivity contribution in [3.8, 4) is 0 Å². The summed E-state index contributed by atoms with van der Waals surface area (Å²) in [5.41, 5.74) is 11.4. The topological polar surface area (TPSA) is 0 Å². The minimum Gasteiger partial charge on any atom is -0.0619 e. The van der Waals surface area contributed by atoms with Crippen molar-refractivity contribution in [3.63, 3.8) is 0 Å². The highest BCUT2D eigenvalue weighted by Crippen LogP contribution is 2.51. The SMILES string of the molecule is Cc1ccc(C2=CC(c3ccc(C)cc3)(c3ccc(C)cc3)c3ccccc32)cc1. The molecule has 0 saturated carbocycles. The average Bonchev–Trinajstić information content (AvgIpc) is 3.12. The van der Waals surface area contributed by atoms with Gasteiger partial charge in [-0.2, -0.15) is 0 Å². The molecule has 0 amide bonds. The predicted octanol–water partition coefficient (Wildman–Crippen LogP) is 7.39. The van der Waals surface area contributed by atoms with Gasteiger partial charge >= 0.3 is 0 Å². The average molecular weight is 387 g/mol. The maximum absolute atomic E-state index is 2.48. The van der Waals surface area contributed by atoms with Gasteiger partial charge in [-0.3, -0.25) is 0 Å². The van der Waals surface area contributed by atoms with E-state index in [9.17, 15) is 0 Å². The molecule has 30 heavy (non-hydrogen) atoms. The van der Waals surface area contributed by atoms with Crippen LogP contribution in [0.25, 0.3) is 5.57 Å². The standard InChI is InChI=1S/C30H26/c1-21-8-14-24(15-9-21)28-20-30(25-16-10-22(2)11-17-25,26-18-12-23(3)13-19-26)29-7-5-4-6-27(28)29/h4-20H,1-3H3. The van der Waals surface area contributed by atoms with Gasteiger partial charge in [0.15, 0.2) is 0 Å². The largest absolute Gasteiger partial charge is 0.0647 e. The molecule has 0 N–H and O–H groups in total. The molecule has 0 bridgehead atoms. The van der Waals surface area contributed by atoms with E-state index in [0.717, 1.165) is 0 Å². The first-order chi connectivity index (χ1) is 14.6. The van der Waals surface area contributed by atoms with E-state index in [2.05, 4.69) is 124 Å². The lowest BCUT2D eigenvalue weighted by Crippen LogP contribution is -2.25. The van der Waals surface area contributed by atoms with Crippen LogP contribution >= 0.6 is 0 Å². The fourth-order valence-corrected chi connectivity index (χ4v) is 4.68. The summed E-state index contributed by atoms with van der Waals surface area (Å²) in [4.78, 5) is 0. The number of aryl methyl sites for hydroxylation is 3. The Morgan fingerprint density at radius 2 is 0.967 bits per heavy atom. The second-order valence-electron chi connectivity index (χ2n) is 8.51. The van der Waals surface area contributed by atoms with Crippen molar-refractivity contribution in [1.82, 2.24) is 0 Å². The summed E-state index contributed by atoms with van der Waals surface area (Å²) in [5, 5.41) is 0. The quantitative estimate of drug-likeness (QED) is 0.344. The van der Waals surface area contributed by atoms with Crippen LogP contribution in [0.2, 0.25) is 0 Å². The van der Waals surface area contributed by atoms with Crippen molar-refractivity contribution in [3.05, 3.63) is 148 Å². The van der Waals surface area contributed by atoms with E-state index < -0.39 is 0 Å². The molecular formula is C30H26. The van der Waals surface area contributed by atoms with Gasteiger partial charge in [0.2, 0.25) is 0 Å². The second-order valence-corrected chi connectivity index (χ2v) is 8.51. The van der Waals surface area contributed by atoms with Crippen molar-refractivity contribution in [2.75, 3.05) is 0 Å². The lowest BCUT2D eigenvalue weighted by atomic mass is 9.71. The molecule has 0 aliphatic heterocycles. The van der Waals surface area contributed by atoms with E-state index in [1.807, 2.05) is 0 Å². The van der Waals surface area contributed by atoms with Crippen LogP contribution in [0.5, 0.6) is 0 Å². The molecule has 5 rings (SSSR count). The fourth-order valence-electron chi connectivity index (χ4n) is 4.68. The van der Waals surface area contributed by atoms with Crippen LogP contribution in [-0.4, -0.2) is 0 Å². The third kappa shape index (κ3) is 2.92. The van der Waals surface area contributed by atoms with E-state index in [0.29, 0.717) is 0 Å². The number of allylic oxidation sites excluding steroid dienone is 1. The number of hydrogen-bond donors (Lipinski definition) is 0. The number of fused-ring (bicyclic) bond motifs is 1. The fraction of sp³-hybridized carbons (Fsp3) is 0.133. The zero-order valence-electron chi connectivity index (χ0n) is 17.8. The highest BCUT2D eigenvalue weighted by Gasteiger charge is 2.41. The molecule has 0 fully saturated rings. The van der Waals surface area contributed by atoms with Crippen LogP contribution in [0.15, 0.2) is 103 Å². The maximum Gasteiger partial charge on any atom is 0.0647 e. The Bertz CT molecular complexity index is 1180. The Morgan fingerprint density at radius 1 is 0.500 bits per heavy atom. The molecule has 0 radical (unpaired) electrons. The van der Waals surface area contributed by atoms with E-state index in [1.165, 1.54) is 50.1 Å². The van der Waals surface area contributed by atoms with Crippen LogP contribution in [0.4, 0.5) is 0 Å². The van der Waals surface area contributed by atoms with Gasteiger partial charge in [0.25, 0.3) is 0 Å². The first kappa shape index (κ1) is 18.6. The third-order valence-electron chi connectivity index (χ3n) is 6.38. The molecule has 0 heterocycles. The molecule has 1 aliphatic carbocycles. The van der Waals surface area contributed by atoms with Gasteiger partial charge in [-0.05, 0) is 54.2 Å². The lowest BCUT2D eigenvalue weighted by molar-refractivity contribution is 0.793. The van der Waals surface area contributed by atoms with Gasteiger partial charge in [-0.15, -0.1) is 0 Å². The van der Waals surface area contributed by atoms with E-state index in [1.54, 1.807) is 0 Å². The van der Waals surface area contributed by atoms with E-state index in [-0.39, 0.29) is 5.41 Å². The summed E-state index contributed by atoms with van der Waals surface area (Å²) >= 11 is 0. The molecule has 0 spiro atoms. The normalized spacial score (nSPS) is 14.3. The Balaban J connectivity index is 1.84. The monoisotopic (exact) mass is 386 g/mol. The molecule has 146 valence electrons. The molecule has 0 unspecified atom stereocenters. The van der Waals surface area contributed by atoms with Crippen LogP contribution < -0.4 is 0 Å². The van der Waals surface area contributed by atoms with Gasteiger partial charge in [0.05, 0.1) is 5.41 Å². The maximum atomic E-state index is 2.48. The molecule has 0 atom stereocenters. The molecule has 4 aromatic carbocycles. The van der Waals surface area contributed by atoms with Gasteiger partial charge in [0, 0.05) is 0 Å². The summed E-state index contributed by atoms with van der Waals surface area (Å²) in [7, 11) is 0. The van der Waals surface area contributed by atoms with Gasteiger partial charge in [0.1, 0.15) is 0 Å². The summed E-state index contributed by atoms with van der Waals surface area (Å²) in [5.74, 6) is 0. The highest BCUT2D eigenvalue weighted by atomic mass is 14.4. The number of hydrogen-bond acceptors (Lipinski definition) is 0. The van der Waals surface area contributed by atoms with Crippen LogP contribution in [0.3, 0.4) is 0 Å². The third-order valence-corrected chi connectivity index (χ3v) is 6.38. The van der Waals surface area contributed by atoms with Gasteiger partial charge in [-0.1, -0.05) is 120 Å². The molecule has 0 heteroatoms. The zero-order valence-corrected chi connectivity index (χ0v) is 17.8. The predicted molar refractivity (Wildman–Crippen MR) is 127 cm³/mol. The Kier molecular flexibility index (Phi) is 4.44. The molecule has 1 aliphatic rings. The lowest BCUT2D eigenvalue weighted by Gasteiger charge is -2.31. The summed E-state index contributed by atoms with van der Waals surface area (Å²) in [6.07, 6.45) is 2.48. The molecule has 0 aromatic heterocycles. The van der Waals surface area contributed by atoms with Crippen LogP contribution in [-0.2, 0) is 5.41 Å². The Hall–Kier alpha value is -3.38. The van der Waals surface area contributed by atoms with Gasteiger partial charge < -0.3 is 0 Å². The molecule has 4 aromatic rings. The minimum absolute atomic E-state index is 0.293. The summed E-state index contributed by atoms with van der Waals surface area (Å²) in [6.45, 7) is 6.45. The first-order valence-electron chi connectivity index (χ1n) is 10.6. The van der Waals surface area contributed by atoms with Crippen molar-refractivity contribution in [2.45, 2.75) is 26.2 Å². The van der Waals surface area contributed by atoms with Crippen molar-refractivity contribution < 1.29 is 0 Å². The van der Waals surface area contributed by atoms with Crippen LogP contribution in [0, 0.1) is 20.8 Å².